The molecule has 0 saturated carbocycles. The summed E-state index contributed by atoms with van der Waals surface area (Å²) in [5.74, 6) is 1.34. The van der Waals surface area contributed by atoms with Crippen LogP contribution in [-0.4, -0.2) is 0 Å². The molecule has 2 aromatic rings. The molecule has 0 aliphatic rings. The third-order valence-corrected chi connectivity index (χ3v) is 2.67. The Morgan fingerprint density at radius 3 is 2.50 bits per heavy atom. The molecule has 0 radical (unpaired) electrons. The van der Waals surface area contributed by atoms with Gasteiger partial charge in [-0.3, -0.25) is 0 Å². The fraction of sp³-hybridized carbons (Fsp3) is 0. The molecule has 0 amide bonds. The van der Waals surface area contributed by atoms with E-state index in [9.17, 15) is 0 Å². The second-order valence-corrected chi connectivity index (χ2v) is 4.20. The van der Waals surface area contributed by atoms with Gasteiger partial charge < -0.3 is 10.5 Å². The molecule has 16 heavy (non-hydrogen) atoms. The van der Waals surface area contributed by atoms with Gasteiger partial charge in [-0.2, -0.15) is 0 Å². The molecule has 2 N–H and O–H groups in total. The van der Waals surface area contributed by atoms with Crippen LogP contribution in [-0.2, 0) is 0 Å². The molecule has 2 nitrogen and oxygen atoms in total. The molecule has 0 aliphatic carbocycles. The molecule has 4 heteroatoms. The van der Waals surface area contributed by atoms with Crippen molar-refractivity contribution in [2.75, 3.05) is 5.73 Å². The van der Waals surface area contributed by atoms with E-state index in [2.05, 4.69) is 12.6 Å². The summed E-state index contributed by atoms with van der Waals surface area (Å²) in [7, 11) is 0. The molecular weight excluding hydrogens is 242 g/mol. The topological polar surface area (TPSA) is 35.2 Å². The Kier molecular flexibility index (Phi) is 3.27. The molecule has 0 unspecified atom stereocenters. The van der Waals surface area contributed by atoms with Crippen LogP contribution in [0.4, 0.5) is 5.69 Å². The van der Waals surface area contributed by atoms with Crippen LogP contribution in [0.15, 0.2) is 47.4 Å². The van der Waals surface area contributed by atoms with Crippen molar-refractivity contribution in [1.29, 1.82) is 0 Å². The first-order valence-electron chi connectivity index (χ1n) is 4.67. The van der Waals surface area contributed by atoms with Gasteiger partial charge in [0.15, 0.2) is 0 Å². The third-order valence-electron chi connectivity index (χ3n) is 2.03. The molecule has 0 saturated heterocycles. The van der Waals surface area contributed by atoms with Gasteiger partial charge in [0.25, 0.3) is 0 Å². The average molecular weight is 252 g/mol. The van der Waals surface area contributed by atoms with Gasteiger partial charge in [-0.1, -0.05) is 17.7 Å². The maximum atomic E-state index is 5.85. The Labute approximate surface area is 104 Å². The second-order valence-electron chi connectivity index (χ2n) is 3.28. The minimum Gasteiger partial charge on any atom is -0.457 e. The van der Waals surface area contributed by atoms with E-state index in [1.54, 1.807) is 30.3 Å². The van der Waals surface area contributed by atoms with E-state index in [1.165, 1.54) is 0 Å². The molecule has 0 bridgehead atoms. The number of anilines is 1. The number of hydrogen-bond acceptors (Lipinski definition) is 3. The Balaban J connectivity index is 2.24. The molecule has 82 valence electrons. The molecule has 0 fully saturated rings. The van der Waals surface area contributed by atoms with Crippen LogP contribution >= 0.6 is 24.2 Å². The molecule has 0 aromatic heterocycles. The van der Waals surface area contributed by atoms with Gasteiger partial charge in [-0.15, -0.1) is 12.6 Å². The van der Waals surface area contributed by atoms with E-state index >= 15 is 0 Å². The van der Waals surface area contributed by atoms with E-state index in [0.29, 0.717) is 22.2 Å². The molecular formula is C12H10ClNOS. The minimum absolute atomic E-state index is 0.586. The van der Waals surface area contributed by atoms with E-state index in [-0.39, 0.29) is 0 Å². The first-order valence-corrected chi connectivity index (χ1v) is 5.49. The number of nitrogens with two attached hydrogens (primary N) is 1. The summed E-state index contributed by atoms with van der Waals surface area (Å²) in [6.45, 7) is 0. The molecule has 0 aliphatic heterocycles. The van der Waals surface area contributed by atoms with Gasteiger partial charge >= 0.3 is 0 Å². The fourth-order valence-corrected chi connectivity index (χ4v) is 1.58. The smallest absolute Gasteiger partial charge is 0.129 e. The highest BCUT2D eigenvalue weighted by Gasteiger charge is 2.00. The van der Waals surface area contributed by atoms with E-state index in [4.69, 9.17) is 22.1 Å². The van der Waals surface area contributed by atoms with Crippen molar-refractivity contribution in [1.82, 2.24) is 0 Å². The summed E-state index contributed by atoms with van der Waals surface area (Å²) < 4.78 is 5.60. The van der Waals surface area contributed by atoms with Crippen molar-refractivity contribution < 1.29 is 4.74 Å². The Bertz CT molecular complexity index is 516. The molecule has 2 rings (SSSR count). The number of nitrogen functional groups attached to an aromatic ring is 1. The summed E-state index contributed by atoms with van der Waals surface area (Å²) in [6.07, 6.45) is 0. The molecule has 2 aromatic carbocycles. The van der Waals surface area contributed by atoms with Crippen molar-refractivity contribution in [3.63, 3.8) is 0 Å². The zero-order valence-corrected chi connectivity index (χ0v) is 10.0. The van der Waals surface area contributed by atoms with Gasteiger partial charge in [0, 0.05) is 21.7 Å². The average Bonchev–Trinajstić information content (AvgIpc) is 2.24. The summed E-state index contributed by atoms with van der Waals surface area (Å²) in [6, 6.07) is 12.5. The van der Waals surface area contributed by atoms with Crippen LogP contribution in [0.3, 0.4) is 0 Å². The third kappa shape index (κ3) is 2.62. The zero-order chi connectivity index (χ0) is 11.5. The van der Waals surface area contributed by atoms with Crippen molar-refractivity contribution in [2.45, 2.75) is 4.90 Å². The van der Waals surface area contributed by atoms with Crippen molar-refractivity contribution in [2.24, 2.45) is 0 Å². The van der Waals surface area contributed by atoms with E-state index < -0.39 is 0 Å². The molecule has 0 heterocycles. The number of thiol groups is 1. The van der Waals surface area contributed by atoms with Crippen molar-refractivity contribution in [3.05, 3.63) is 47.5 Å². The second kappa shape index (κ2) is 4.68. The lowest BCUT2D eigenvalue weighted by atomic mass is 10.3. The maximum absolute atomic E-state index is 5.85. The number of ether oxygens (including phenoxy) is 1. The van der Waals surface area contributed by atoms with Crippen LogP contribution < -0.4 is 10.5 Å². The van der Waals surface area contributed by atoms with Crippen LogP contribution in [0.25, 0.3) is 0 Å². The number of rotatable bonds is 2. The first kappa shape index (κ1) is 11.2. The van der Waals surface area contributed by atoms with Crippen LogP contribution in [0.1, 0.15) is 0 Å². The molecule has 0 spiro atoms. The Morgan fingerprint density at radius 1 is 1.06 bits per heavy atom. The van der Waals surface area contributed by atoms with E-state index in [1.807, 2.05) is 12.1 Å². The highest BCUT2D eigenvalue weighted by Crippen LogP contribution is 2.28. The Hall–Kier alpha value is -1.32. The van der Waals surface area contributed by atoms with Crippen LogP contribution in [0.2, 0.25) is 5.02 Å². The van der Waals surface area contributed by atoms with Gasteiger partial charge in [0.1, 0.15) is 11.5 Å². The molecule has 0 atom stereocenters. The predicted molar refractivity (Wildman–Crippen MR) is 69.6 cm³/mol. The lowest BCUT2D eigenvalue weighted by molar-refractivity contribution is 0.482. The highest BCUT2D eigenvalue weighted by atomic mass is 35.5. The van der Waals surface area contributed by atoms with Gasteiger partial charge in [-0.05, 0) is 30.3 Å². The Morgan fingerprint density at radius 2 is 1.81 bits per heavy atom. The van der Waals surface area contributed by atoms with Gasteiger partial charge in [0.05, 0.1) is 0 Å². The predicted octanol–water partition coefficient (Wildman–Crippen LogP) is 4.00. The number of hydrogen-bond donors (Lipinski definition) is 2. The SMILES string of the molecule is Nc1cc(Oc2cccc(Cl)c2)ccc1S. The summed E-state index contributed by atoms with van der Waals surface area (Å²) in [5, 5.41) is 0.635. The van der Waals surface area contributed by atoms with Gasteiger partial charge in [0.2, 0.25) is 0 Å². The number of benzene rings is 2. The summed E-state index contributed by atoms with van der Waals surface area (Å²) >= 11 is 10.0. The largest absolute Gasteiger partial charge is 0.457 e. The summed E-state index contributed by atoms with van der Waals surface area (Å²) in [4.78, 5) is 0.735. The quantitative estimate of drug-likeness (QED) is 0.625. The first-order chi connectivity index (χ1) is 7.65. The zero-order valence-electron chi connectivity index (χ0n) is 8.35. The standard InChI is InChI=1S/C12H10ClNOS/c13-8-2-1-3-9(6-8)15-10-4-5-12(16)11(14)7-10/h1-7,16H,14H2. The maximum Gasteiger partial charge on any atom is 0.129 e. The van der Waals surface area contributed by atoms with Crippen LogP contribution in [0, 0.1) is 0 Å². The van der Waals surface area contributed by atoms with E-state index in [0.717, 1.165) is 4.90 Å². The van der Waals surface area contributed by atoms with Crippen molar-refractivity contribution >= 4 is 29.9 Å². The lowest BCUT2D eigenvalue weighted by Crippen LogP contribution is -1.89. The van der Waals surface area contributed by atoms with Crippen LogP contribution in [0.5, 0.6) is 11.5 Å². The monoisotopic (exact) mass is 251 g/mol. The highest BCUT2D eigenvalue weighted by molar-refractivity contribution is 7.80. The lowest BCUT2D eigenvalue weighted by Gasteiger charge is -2.07. The van der Waals surface area contributed by atoms with Crippen molar-refractivity contribution in [3.8, 4) is 11.5 Å². The number of halogens is 1. The normalized spacial score (nSPS) is 10.1. The fourth-order valence-electron chi connectivity index (χ4n) is 1.26. The minimum atomic E-state index is 0.586. The summed E-state index contributed by atoms with van der Waals surface area (Å²) in [5.41, 5.74) is 6.31. The van der Waals surface area contributed by atoms with Gasteiger partial charge in [-0.25, -0.2) is 0 Å².